The van der Waals surface area contributed by atoms with Crippen molar-refractivity contribution in [2.45, 2.75) is 6.61 Å². The number of hydrogen-bond donors (Lipinski definition) is 3. The van der Waals surface area contributed by atoms with Crippen LogP contribution in [0.3, 0.4) is 0 Å². The van der Waals surface area contributed by atoms with Crippen LogP contribution in [0.15, 0.2) is 18.2 Å². The fraction of sp³-hybridized carbons (Fsp3) is 0.500. The van der Waals surface area contributed by atoms with Gasteiger partial charge in [-0.1, -0.05) is 6.07 Å². The van der Waals surface area contributed by atoms with Crippen molar-refractivity contribution < 1.29 is 19.4 Å². The summed E-state index contributed by atoms with van der Waals surface area (Å²) in [5, 5.41) is 9.08. The minimum absolute atomic E-state index is 0.0344. The number of ether oxygens (including phenoxy) is 2. The summed E-state index contributed by atoms with van der Waals surface area (Å²) in [6, 6.07) is 5.33. The van der Waals surface area contributed by atoms with Crippen LogP contribution in [0.4, 0.5) is 5.69 Å². The number of anilines is 1. The fourth-order valence-electron chi connectivity index (χ4n) is 1.37. The molecule has 0 spiro atoms. The van der Waals surface area contributed by atoms with Crippen molar-refractivity contribution in [1.29, 1.82) is 0 Å². The van der Waals surface area contributed by atoms with Gasteiger partial charge >= 0.3 is 0 Å². The molecule has 0 aliphatic carbocycles. The lowest BCUT2D eigenvalue weighted by atomic mass is 10.2. The Labute approximate surface area is 107 Å². The van der Waals surface area contributed by atoms with Gasteiger partial charge in [0.25, 0.3) is 0 Å². The number of nitrogens with two attached hydrogens (primary N) is 1. The molecule has 18 heavy (non-hydrogen) atoms. The zero-order valence-electron chi connectivity index (χ0n) is 10.5. The largest absolute Gasteiger partial charge is 0.489 e. The van der Waals surface area contributed by atoms with Crippen LogP contribution in [0.25, 0.3) is 0 Å². The van der Waals surface area contributed by atoms with E-state index >= 15 is 0 Å². The second kappa shape index (κ2) is 8.71. The van der Waals surface area contributed by atoms with Crippen molar-refractivity contribution in [3.05, 3.63) is 23.8 Å². The zero-order valence-corrected chi connectivity index (χ0v) is 10.5. The van der Waals surface area contributed by atoms with Gasteiger partial charge < -0.3 is 20.3 Å². The second-order valence-electron chi connectivity index (χ2n) is 3.54. The van der Waals surface area contributed by atoms with Crippen LogP contribution in [0, 0.1) is 0 Å². The van der Waals surface area contributed by atoms with Crippen molar-refractivity contribution in [1.82, 2.24) is 0 Å². The summed E-state index contributed by atoms with van der Waals surface area (Å²) in [7, 11) is 1.52. The minimum Gasteiger partial charge on any atom is -0.489 e. The summed E-state index contributed by atoms with van der Waals surface area (Å²) >= 11 is 0. The number of hydrogen-bond acceptors (Lipinski definition) is 6. The molecule has 4 N–H and O–H groups in total. The third-order valence-corrected chi connectivity index (χ3v) is 2.19. The first-order chi connectivity index (χ1) is 8.81. The first-order valence-electron chi connectivity index (χ1n) is 5.75. The Bertz CT molecular complexity index is 347. The van der Waals surface area contributed by atoms with E-state index in [1.807, 2.05) is 0 Å². The highest BCUT2D eigenvalue weighted by atomic mass is 16.6. The van der Waals surface area contributed by atoms with Crippen molar-refractivity contribution >= 4 is 5.69 Å². The predicted molar refractivity (Wildman–Crippen MR) is 68.4 cm³/mol. The Hall–Kier alpha value is -1.34. The van der Waals surface area contributed by atoms with E-state index in [2.05, 4.69) is 5.48 Å². The third-order valence-electron chi connectivity index (χ3n) is 2.19. The van der Waals surface area contributed by atoms with Gasteiger partial charge in [0.05, 0.1) is 26.9 Å². The maximum absolute atomic E-state index is 9.08. The molecule has 0 heterocycles. The van der Waals surface area contributed by atoms with E-state index in [-0.39, 0.29) is 6.61 Å². The Kier molecular flexibility index (Phi) is 7.12. The lowest BCUT2D eigenvalue weighted by Gasteiger charge is -2.13. The number of rotatable bonds is 9. The number of benzene rings is 1. The van der Waals surface area contributed by atoms with Gasteiger partial charge in [-0.3, -0.25) is 10.3 Å². The Morgan fingerprint density at radius 3 is 2.78 bits per heavy atom. The van der Waals surface area contributed by atoms with E-state index in [9.17, 15) is 0 Å². The number of aliphatic hydroxyl groups excluding tert-OH is 1. The molecule has 1 aromatic rings. The molecule has 0 atom stereocenters. The first kappa shape index (κ1) is 14.7. The van der Waals surface area contributed by atoms with Gasteiger partial charge in [-0.2, -0.15) is 0 Å². The molecule has 0 saturated heterocycles. The molecule has 0 radical (unpaired) electrons. The summed E-state index contributed by atoms with van der Waals surface area (Å²) < 4.78 is 10.8. The fourth-order valence-corrected chi connectivity index (χ4v) is 1.37. The Morgan fingerprint density at radius 1 is 1.28 bits per heavy atom. The van der Waals surface area contributed by atoms with Crippen molar-refractivity contribution in [2.75, 3.05) is 39.0 Å². The lowest BCUT2D eigenvalue weighted by molar-refractivity contribution is 0.106. The van der Waals surface area contributed by atoms with Gasteiger partial charge in [-0.05, 0) is 17.7 Å². The SMILES string of the molecule is CONc1ccc(CO)cc1OCCOCCN. The highest BCUT2D eigenvalue weighted by molar-refractivity contribution is 5.56. The van der Waals surface area contributed by atoms with Crippen LogP contribution in [0.2, 0.25) is 0 Å². The van der Waals surface area contributed by atoms with Gasteiger partial charge in [0.2, 0.25) is 0 Å². The van der Waals surface area contributed by atoms with E-state index in [0.29, 0.717) is 37.8 Å². The summed E-state index contributed by atoms with van der Waals surface area (Å²) in [5.74, 6) is 0.611. The number of aliphatic hydroxyl groups is 1. The van der Waals surface area contributed by atoms with Crippen LogP contribution in [-0.4, -0.2) is 38.6 Å². The zero-order chi connectivity index (χ0) is 13.2. The summed E-state index contributed by atoms with van der Waals surface area (Å²) in [5.41, 5.74) is 9.49. The maximum atomic E-state index is 9.08. The normalized spacial score (nSPS) is 10.4. The second-order valence-corrected chi connectivity index (χ2v) is 3.54. The molecule has 0 bridgehead atoms. The average Bonchev–Trinajstić information content (AvgIpc) is 2.40. The van der Waals surface area contributed by atoms with Crippen molar-refractivity contribution in [3.8, 4) is 5.75 Å². The van der Waals surface area contributed by atoms with Crippen LogP contribution in [0.1, 0.15) is 5.56 Å². The predicted octanol–water partition coefficient (Wildman–Crippen LogP) is 0.506. The smallest absolute Gasteiger partial charge is 0.145 e. The van der Waals surface area contributed by atoms with Crippen LogP contribution in [-0.2, 0) is 16.2 Å². The lowest BCUT2D eigenvalue weighted by Crippen LogP contribution is -2.13. The molecular weight excluding hydrogens is 236 g/mol. The molecule has 0 amide bonds. The van der Waals surface area contributed by atoms with E-state index in [1.54, 1.807) is 18.2 Å². The van der Waals surface area contributed by atoms with Crippen molar-refractivity contribution in [3.63, 3.8) is 0 Å². The molecular formula is C12H20N2O4. The van der Waals surface area contributed by atoms with E-state index in [4.69, 9.17) is 25.2 Å². The van der Waals surface area contributed by atoms with Crippen LogP contribution in [0.5, 0.6) is 5.75 Å². The molecule has 0 saturated carbocycles. The molecule has 6 heteroatoms. The van der Waals surface area contributed by atoms with E-state index in [0.717, 1.165) is 5.56 Å². The molecule has 0 aromatic heterocycles. The van der Waals surface area contributed by atoms with Gasteiger partial charge in [-0.15, -0.1) is 0 Å². The third kappa shape index (κ3) is 4.89. The van der Waals surface area contributed by atoms with Gasteiger partial charge in [0.15, 0.2) is 0 Å². The quantitative estimate of drug-likeness (QED) is 0.441. The maximum Gasteiger partial charge on any atom is 0.145 e. The molecule has 0 fully saturated rings. The number of nitrogens with one attached hydrogen (secondary N) is 1. The molecule has 0 aliphatic heterocycles. The highest BCUT2D eigenvalue weighted by Crippen LogP contribution is 2.25. The first-order valence-corrected chi connectivity index (χ1v) is 5.75. The molecule has 6 nitrogen and oxygen atoms in total. The minimum atomic E-state index is -0.0344. The van der Waals surface area contributed by atoms with Crippen LogP contribution >= 0.6 is 0 Å². The van der Waals surface area contributed by atoms with Gasteiger partial charge in [-0.25, -0.2) is 0 Å². The van der Waals surface area contributed by atoms with Crippen molar-refractivity contribution in [2.24, 2.45) is 5.73 Å². The Balaban J connectivity index is 2.54. The topological polar surface area (TPSA) is 86.0 Å². The molecule has 1 aromatic carbocycles. The van der Waals surface area contributed by atoms with Crippen LogP contribution < -0.4 is 16.0 Å². The molecule has 102 valence electrons. The summed E-state index contributed by atoms with van der Waals surface area (Å²) in [6.07, 6.45) is 0. The van der Waals surface area contributed by atoms with Gasteiger partial charge in [0, 0.05) is 6.54 Å². The summed E-state index contributed by atoms with van der Waals surface area (Å²) in [6.45, 7) is 1.85. The standard InChI is InChI=1S/C12H20N2O4/c1-16-14-11-3-2-10(9-15)8-12(11)18-7-6-17-5-4-13/h2-3,8,14-15H,4-7,9,13H2,1H3. The van der Waals surface area contributed by atoms with E-state index < -0.39 is 0 Å². The molecule has 1 rings (SSSR count). The molecule has 0 unspecified atom stereocenters. The molecule has 0 aliphatic rings. The Morgan fingerprint density at radius 2 is 2.11 bits per heavy atom. The highest BCUT2D eigenvalue weighted by Gasteiger charge is 2.05. The average molecular weight is 256 g/mol. The monoisotopic (exact) mass is 256 g/mol. The van der Waals surface area contributed by atoms with E-state index in [1.165, 1.54) is 7.11 Å². The summed E-state index contributed by atoms with van der Waals surface area (Å²) in [4.78, 5) is 4.85. The van der Waals surface area contributed by atoms with Gasteiger partial charge in [0.1, 0.15) is 18.0 Å².